The molecule has 0 aliphatic carbocycles. The van der Waals surface area contributed by atoms with Gasteiger partial charge in [-0.1, -0.05) is 51.5 Å². The van der Waals surface area contributed by atoms with Crippen LogP contribution >= 0.6 is 0 Å². The zero-order valence-corrected chi connectivity index (χ0v) is 28.6. The van der Waals surface area contributed by atoms with E-state index in [4.69, 9.17) is 19.8 Å². The molecule has 0 radical (unpaired) electrons. The quantitative estimate of drug-likeness (QED) is 0.183. The molecule has 3 atom stereocenters. The summed E-state index contributed by atoms with van der Waals surface area (Å²) in [6.07, 6.45) is 9.70. The van der Waals surface area contributed by atoms with Gasteiger partial charge in [-0.2, -0.15) is 14.6 Å². The lowest BCUT2D eigenvalue weighted by molar-refractivity contribution is -0.122. The van der Waals surface area contributed by atoms with Crippen LogP contribution in [0.5, 0.6) is 0 Å². The van der Waals surface area contributed by atoms with E-state index < -0.39 is 5.95 Å². The van der Waals surface area contributed by atoms with Crippen LogP contribution in [0.1, 0.15) is 52.5 Å². The summed E-state index contributed by atoms with van der Waals surface area (Å²) >= 11 is 0. The fourth-order valence-corrected chi connectivity index (χ4v) is 5.42. The molecule has 1 fully saturated rings. The Hall–Kier alpha value is -4.75. The number of hydrogen-bond donors (Lipinski definition) is 3. The molecule has 2 aliphatic rings. The number of para-hydroxylation sites is 1. The lowest BCUT2D eigenvalue weighted by Gasteiger charge is -2.25. The number of aromatic nitrogens is 4. The number of hydrogen-bond acceptors (Lipinski definition) is 9. The van der Waals surface area contributed by atoms with E-state index >= 15 is 0 Å². The van der Waals surface area contributed by atoms with Crippen LogP contribution in [-0.4, -0.2) is 81.2 Å². The number of carbonyl (C=O) groups is 2. The number of nitrogens with two attached hydrogens (primary N) is 1. The number of amides is 1. The number of nitrogens with one attached hydrogen (secondary N) is 1. The number of carbonyl (C=O) groups excluding carboxylic acids is 1. The van der Waals surface area contributed by atoms with Gasteiger partial charge in [0.25, 0.3) is 6.47 Å². The standard InChI is InChI=1S/C19H22N6.C9H19N.C5H4FN.CH3NO.CH2O2/c1-4-24-19-15(12-22-24)10-14(11-21-19)17-13(2)18(20-3)25(23-17)16-8-6-5-7-9-16;1-3-4-6-10-7-5-9(2)8-10;6-5-3-1-2-4-7-5;2*2-1-3/h5-13,18,20H,4H2,1-3H3;9H,3-8H2,1-2H3;1-4H;1H,(H2,2,3);1H,(H,2,3)/t;9-;;;/m.0.../s1. The number of anilines is 1. The molecule has 2 aliphatic heterocycles. The third-order valence-corrected chi connectivity index (χ3v) is 7.74. The Morgan fingerprint density at radius 2 is 1.75 bits per heavy atom. The number of primary amides is 1. The molecule has 2 unspecified atom stereocenters. The highest BCUT2D eigenvalue weighted by atomic mass is 19.1. The first-order valence-corrected chi connectivity index (χ1v) is 16.2. The maximum Gasteiger partial charge on any atom is 0.290 e. The fourth-order valence-electron chi connectivity index (χ4n) is 5.42. The number of rotatable bonds is 7. The van der Waals surface area contributed by atoms with Gasteiger partial charge < -0.3 is 15.7 Å². The summed E-state index contributed by atoms with van der Waals surface area (Å²) in [4.78, 5) is 27.5. The Bertz CT molecular complexity index is 1500. The van der Waals surface area contributed by atoms with Gasteiger partial charge in [-0.15, -0.1) is 0 Å². The third kappa shape index (κ3) is 12.1. The molecule has 1 saturated heterocycles. The number of fused-ring (bicyclic) bond motifs is 1. The van der Waals surface area contributed by atoms with Crippen molar-refractivity contribution in [1.82, 2.24) is 30.0 Å². The van der Waals surface area contributed by atoms with Crippen LogP contribution < -0.4 is 16.1 Å². The van der Waals surface area contributed by atoms with E-state index in [1.165, 1.54) is 51.2 Å². The Balaban J connectivity index is 0.000000284. The van der Waals surface area contributed by atoms with Gasteiger partial charge in [0.15, 0.2) is 5.65 Å². The molecule has 1 aromatic carbocycles. The van der Waals surface area contributed by atoms with Crippen molar-refractivity contribution in [1.29, 1.82) is 0 Å². The first-order valence-electron chi connectivity index (χ1n) is 16.2. The number of pyridine rings is 2. The Morgan fingerprint density at radius 3 is 2.27 bits per heavy atom. The number of halogens is 1. The highest BCUT2D eigenvalue weighted by Crippen LogP contribution is 2.29. The predicted octanol–water partition coefficient (Wildman–Crippen LogP) is 5.01. The number of benzene rings is 1. The van der Waals surface area contributed by atoms with Crippen molar-refractivity contribution in [3.05, 3.63) is 84.7 Å². The summed E-state index contributed by atoms with van der Waals surface area (Å²) in [6, 6.07) is 17.0. The smallest absolute Gasteiger partial charge is 0.290 e. The molecule has 12 nitrogen and oxygen atoms in total. The van der Waals surface area contributed by atoms with Crippen molar-refractivity contribution in [2.45, 2.75) is 59.7 Å². The largest absolute Gasteiger partial charge is 0.483 e. The molecule has 1 amide bonds. The van der Waals surface area contributed by atoms with Crippen molar-refractivity contribution in [3.63, 3.8) is 0 Å². The second-order valence-electron chi connectivity index (χ2n) is 11.2. The minimum absolute atomic E-state index is 0.117. The van der Waals surface area contributed by atoms with Crippen LogP contribution in [0.15, 0.2) is 78.3 Å². The molecule has 0 saturated carbocycles. The number of carboxylic acid groups (broad SMARTS) is 1. The zero-order valence-electron chi connectivity index (χ0n) is 28.6. The SMILES string of the molecule is CCCCN1CC[C@H](C)C1.CCn1ncc2cc(C3=NN(c4ccccc4)C(NC)C3C)cnc21.Fc1ccccn1.NC=O.O=CO. The molecule has 48 heavy (non-hydrogen) atoms. The van der Waals surface area contributed by atoms with Gasteiger partial charge in [0.2, 0.25) is 12.4 Å². The van der Waals surface area contributed by atoms with E-state index in [-0.39, 0.29) is 25.0 Å². The molecule has 4 aromatic rings. The Morgan fingerprint density at radius 1 is 1.06 bits per heavy atom. The lowest BCUT2D eigenvalue weighted by atomic mass is 9.97. The number of aryl methyl sites for hydroxylation is 1. The lowest BCUT2D eigenvalue weighted by Crippen LogP contribution is -2.42. The summed E-state index contributed by atoms with van der Waals surface area (Å²) in [6.45, 7) is 13.5. The summed E-state index contributed by atoms with van der Waals surface area (Å²) in [7, 11) is 1.97. The van der Waals surface area contributed by atoms with E-state index in [2.05, 4.69) is 81.9 Å². The first-order chi connectivity index (χ1) is 23.3. The zero-order chi connectivity index (χ0) is 35.3. The predicted molar refractivity (Wildman–Crippen MR) is 189 cm³/mol. The molecule has 5 heterocycles. The maximum atomic E-state index is 11.8. The van der Waals surface area contributed by atoms with Crippen molar-refractivity contribution >= 4 is 35.3 Å². The normalized spacial score (nSPS) is 18.1. The summed E-state index contributed by atoms with van der Waals surface area (Å²) < 4.78 is 13.7. The second-order valence-corrected chi connectivity index (χ2v) is 11.2. The number of unbranched alkanes of at least 4 members (excludes halogenated alkanes) is 1. The van der Waals surface area contributed by atoms with Crippen molar-refractivity contribution in [2.24, 2.45) is 22.7 Å². The Labute approximate surface area is 282 Å². The van der Waals surface area contributed by atoms with Crippen molar-refractivity contribution in [3.8, 4) is 0 Å². The number of nitrogens with zero attached hydrogens (tertiary/aromatic N) is 7. The highest BCUT2D eigenvalue weighted by molar-refractivity contribution is 6.06. The first kappa shape index (κ1) is 39.4. The van der Waals surface area contributed by atoms with Gasteiger partial charge in [0, 0.05) is 42.4 Å². The van der Waals surface area contributed by atoms with Crippen LogP contribution in [0.3, 0.4) is 0 Å². The third-order valence-electron chi connectivity index (χ3n) is 7.74. The van der Waals surface area contributed by atoms with Crippen molar-refractivity contribution in [2.75, 3.05) is 31.7 Å². The molecule has 0 bridgehead atoms. The van der Waals surface area contributed by atoms with Crippen LogP contribution in [0.25, 0.3) is 11.0 Å². The molecule has 6 rings (SSSR count). The summed E-state index contributed by atoms with van der Waals surface area (Å²) in [5.41, 5.74) is 8.26. The fraction of sp³-hybridized carbons (Fsp3) is 0.429. The van der Waals surface area contributed by atoms with E-state index in [0.29, 0.717) is 0 Å². The van der Waals surface area contributed by atoms with Gasteiger partial charge in [-0.3, -0.25) is 14.9 Å². The number of hydrazone groups is 1. The minimum Gasteiger partial charge on any atom is -0.483 e. The summed E-state index contributed by atoms with van der Waals surface area (Å²) in [5.74, 6) is 0.769. The molecular weight excluding hydrogens is 613 g/mol. The van der Waals surface area contributed by atoms with Gasteiger partial charge in [-0.05, 0) is 76.2 Å². The Kier molecular flexibility index (Phi) is 18.0. The topological polar surface area (TPSA) is 155 Å². The molecular formula is C35H50FN9O3. The summed E-state index contributed by atoms with van der Waals surface area (Å²) in [5, 5.41) is 22.7. The molecule has 0 spiro atoms. The average molecular weight is 664 g/mol. The van der Waals surface area contributed by atoms with Crippen LogP contribution in [0.2, 0.25) is 0 Å². The van der Waals surface area contributed by atoms with E-state index in [1.807, 2.05) is 42.3 Å². The van der Waals surface area contributed by atoms with Crippen LogP contribution in [0, 0.1) is 17.8 Å². The molecule has 260 valence electrons. The van der Waals surface area contributed by atoms with Gasteiger partial charge in [0.1, 0.15) is 6.17 Å². The average Bonchev–Trinajstić information content (AvgIpc) is 3.81. The second kappa shape index (κ2) is 21.9. The van der Waals surface area contributed by atoms with Gasteiger partial charge in [0.05, 0.1) is 17.6 Å². The van der Waals surface area contributed by atoms with Crippen molar-refractivity contribution < 1.29 is 19.1 Å². The van der Waals surface area contributed by atoms with E-state index in [1.54, 1.807) is 12.1 Å². The van der Waals surface area contributed by atoms with Gasteiger partial charge in [-0.25, -0.2) is 19.7 Å². The maximum absolute atomic E-state index is 11.8. The van der Waals surface area contributed by atoms with E-state index in [9.17, 15) is 4.39 Å². The minimum atomic E-state index is -0.428. The van der Waals surface area contributed by atoms with E-state index in [0.717, 1.165) is 40.5 Å². The highest BCUT2D eigenvalue weighted by Gasteiger charge is 2.34. The van der Waals surface area contributed by atoms with Gasteiger partial charge >= 0.3 is 0 Å². The molecule has 13 heteroatoms. The molecule has 4 N–H and O–H groups in total. The monoisotopic (exact) mass is 663 g/mol. The van der Waals surface area contributed by atoms with Crippen LogP contribution in [0.4, 0.5) is 10.1 Å². The number of likely N-dealkylation sites (tertiary alicyclic amines) is 1. The van der Waals surface area contributed by atoms with Crippen LogP contribution in [-0.2, 0) is 16.1 Å². The molecule has 3 aromatic heterocycles.